The van der Waals surface area contributed by atoms with Gasteiger partial charge in [0.25, 0.3) is 0 Å². The smallest absolute Gasteiger partial charge is 0.340 e. The number of ether oxygens (including phenoxy) is 2. The van der Waals surface area contributed by atoms with E-state index in [0.29, 0.717) is 55.5 Å². The summed E-state index contributed by atoms with van der Waals surface area (Å²) in [4.78, 5) is 18.2. The van der Waals surface area contributed by atoms with Gasteiger partial charge in [0.15, 0.2) is 0 Å². The number of hydrogen-bond acceptors (Lipinski definition) is 6. The SMILES string of the molecule is CCOC(=O)c1cc(C#N)c(N2CCOCC2)nc1C. The van der Waals surface area contributed by atoms with E-state index < -0.39 is 5.97 Å². The molecule has 1 aromatic heterocycles. The molecule has 0 saturated carbocycles. The molecule has 0 bridgehead atoms. The quantitative estimate of drug-likeness (QED) is 0.773. The number of morpholine rings is 1. The van der Waals surface area contributed by atoms with Gasteiger partial charge in [0.1, 0.15) is 11.9 Å². The number of rotatable bonds is 3. The first-order valence-electron chi connectivity index (χ1n) is 6.59. The Hall–Kier alpha value is -2.13. The molecule has 0 radical (unpaired) electrons. The summed E-state index contributed by atoms with van der Waals surface area (Å²) in [5.74, 6) is 0.170. The van der Waals surface area contributed by atoms with Gasteiger partial charge in [-0.05, 0) is 19.9 Å². The lowest BCUT2D eigenvalue weighted by atomic mass is 10.1. The zero-order chi connectivity index (χ0) is 14.5. The molecule has 0 spiro atoms. The van der Waals surface area contributed by atoms with E-state index in [1.54, 1.807) is 19.9 Å². The fourth-order valence-corrected chi connectivity index (χ4v) is 2.11. The topological polar surface area (TPSA) is 75.5 Å². The maximum atomic E-state index is 11.8. The van der Waals surface area contributed by atoms with Gasteiger partial charge in [0.05, 0.1) is 36.6 Å². The van der Waals surface area contributed by atoms with Crippen LogP contribution in [-0.2, 0) is 9.47 Å². The van der Waals surface area contributed by atoms with Gasteiger partial charge in [-0.25, -0.2) is 9.78 Å². The molecule has 1 aliphatic heterocycles. The highest BCUT2D eigenvalue weighted by Crippen LogP contribution is 2.22. The lowest BCUT2D eigenvalue weighted by Gasteiger charge is -2.28. The molecule has 0 amide bonds. The average molecular weight is 275 g/mol. The second kappa shape index (κ2) is 6.35. The Balaban J connectivity index is 2.37. The molecule has 1 saturated heterocycles. The number of aromatic nitrogens is 1. The Morgan fingerprint density at radius 2 is 2.25 bits per heavy atom. The van der Waals surface area contributed by atoms with Crippen LogP contribution in [-0.4, -0.2) is 43.9 Å². The van der Waals surface area contributed by atoms with Gasteiger partial charge < -0.3 is 14.4 Å². The van der Waals surface area contributed by atoms with Gasteiger partial charge in [-0.1, -0.05) is 0 Å². The predicted octanol–water partition coefficient (Wildman–Crippen LogP) is 1.28. The molecular formula is C14H17N3O3. The first-order valence-corrected chi connectivity index (χ1v) is 6.59. The van der Waals surface area contributed by atoms with Crippen LogP contribution in [0.3, 0.4) is 0 Å². The van der Waals surface area contributed by atoms with Crippen LogP contribution in [0.15, 0.2) is 6.07 Å². The molecule has 2 rings (SSSR count). The van der Waals surface area contributed by atoms with Crippen LogP contribution in [0.1, 0.15) is 28.5 Å². The van der Waals surface area contributed by atoms with Crippen LogP contribution >= 0.6 is 0 Å². The number of nitrogens with zero attached hydrogens (tertiary/aromatic N) is 3. The second-order valence-electron chi connectivity index (χ2n) is 4.42. The molecule has 2 heterocycles. The van der Waals surface area contributed by atoms with Crippen LogP contribution in [0.25, 0.3) is 0 Å². The fourth-order valence-electron chi connectivity index (χ4n) is 2.11. The molecule has 106 valence electrons. The summed E-state index contributed by atoms with van der Waals surface area (Å²) in [6, 6.07) is 3.67. The van der Waals surface area contributed by atoms with E-state index in [-0.39, 0.29) is 0 Å². The zero-order valence-corrected chi connectivity index (χ0v) is 11.7. The Labute approximate surface area is 117 Å². The van der Waals surface area contributed by atoms with Crippen molar-refractivity contribution in [3.8, 4) is 6.07 Å². The summed E-state index contributed by atoms with van der Waals surface area (Å²) in [5, 5.41) is 9.28. The van der Waals surface area contributed by atoms with E-state index in [0.717, 1.165) is 0 Å². The highest BCUT2D eigenvalue weighted by Gasteiger charge is 2.20. The van der Waals surface area contributed by atoms with Gasteiger partial charge in [0.2, 0.25) is 0 Å². The van der Waals surface area contributed by atoms with E-state index >= 15 is 0 Å². The van der Waals surface area contributed by atoms with Gasteiger partial charge in [-0.15, -0.1) is 0 Å². The zero-order valence-electron chi connectivity index (χ0n) is 11.7. The summed E-state index contributed by atoms with van der Waals surface area (Å²) in [7, 11) is 0. The third-order valence-electron chi connectivity index (χ3n) is 3.12. The average Bonchev–Trinajstić information content (AvgIpc) is 2.48. The summed E-state index contributed by atoms with van der Waals surface area (Å²) < 4.78 is 10.3. The van der Waals surface area contributed by atoms with E-state index in [4.69, 9.17) is 9.47 Å². The first kappa shape index (κ1) is 14.3. The van der Waals surface area contributed by atoms with E-state index in [1.165, 1.54) is 0 Å². The third kappa shape index (κ3) is 2.89. The van der Waals surface area contributed by atoms with Gasteiger partial charge in [0, 0.05) is 13.1 Å². The van der Waals surface area contributed by atoms with Crippen molar-refractivity contribution in [2.75, 3.05) is 37.8 Å². The van der Waals surface area contributed by atoms with Crippen LogP contribution < -0.4 is 4.90 Å². The highest BCUT2D eigenvalue weighted by atomic mass is 16.5. The van der Waals surface area contributed by atoms with Crippen LogP contribution in [0.4, 0.5) is 5.82 Å². The minimum atomic E-state index is -0.442. The van der Waals surface area contributed by atoms with E-state index in [2.05, 4.69) is 11.1 Å². The molecule has 1 fully saturated rings. The first-order chi connectivity index (χ1) is 9.67. The van der Waals surface area contributed by atoms with Crippen molar-refractivity contribution in [3.63, 3.8) is 0 Å². The predicted molar refractivity (Wildman–Crippen MR) is 72.7 cm³/mol. The Morgan fingerprint density at radius 1 is 1.55 bits per heavy atom. The molecule has 0 N–H and O–H groups in total. The number of anilines is 1. The number of esters is 1. The molecule has 1 aromatic rings. The summed E-state index contributed by atoms with van der Waals surface area (Å²) in [6.45, 7) is 6.41. The normalized spacial score (nSPS) is 14.8. The van der Waals surface area contributed by atoms with Crippen molar-refractivity contribution >= 4 is 11.8 Å². The van der Waals surface area contributed by atoms with E-state index in [1.807, 2.05) is 4.90 Å². The lowest BCUT2D eigenvalue weighted by molar-refractivity contribution is 0.0525. The standard InChI is InChI=1S/C14H17N3O3/c1-3-20-14(18)12-8-11(9-15)13(16-10(12)2)17-4-6-19-7-5-17/h8H,3-7H2,1-2H3. The number of pyridine rings is 1. The number of carbonyl (C=O) groups excluding carboxylic acids is 1. The largest absolute Gasteiger partial charge is 0.462 e. The summed E-state index contributed by atoms with van der Waals surface area (Å²) >= 11 is 0. The van der Waals surface area contributed by atoms with Crippen LogP contribution in [0.2, 0.25) is 0 Å². The molecule has 6 heteroatoms. The number of carbonyl (C=O) groups is 1. The van der Waals surface area contributed by atoms with Gasteiger partial charge >= 0.3 is 5.97 Å². The Morgan fingerprint density at radius 3 is 2.85 bits per heavy atom. The fraction of sp³-hybridized carbons (Fsp3) is 0.500. The van der Waals surface area contributed by atoms with Crippen LogP contribution in [0.5, 0.6) is 0 Å². The second-order valence-corrected chi connectivity index (χ2v) is 4.42. The van der Waals surface area contributed by atoms with Gasteiger partial charge in [-0.2, -0.15) is 5.26 Å². The molecule has 20 heavy (non-hydrogen) atoms. The highest BCUT2D eigenvalue weighted by molar-refractivity contribution is 5.91. The van der Waals surface area contributed by atoms with Crippen molar-refractivity contribution in [3.05, 3.63) is 22.9 Å². The molecule has 0 aromatic carbocycles. The molecule has 0 aliphatic carbocycles. The monoisotopic (exact) mass is 275 g/mol. The Kier molecular flexibility index (Phi) is 4.53. The Bertz CT molecular complexity index is 545. The molecular weight excluding hydrogens is 258 g/mol. The molecule has 0 unspecified atom stereocenters. The number of nitriles is 1. The summed E-state index contributed by atoms with van der Waals surface area (Å²) in [6.07, 6.45) is 0. The van der Waals surface area contributed by atoms with Crippen molar-refractivity contribution in [1.29, 1.82) is 5.26 Å². The van der Waals surface area contributed by atoms with Crippen molar-refractivity contribution in [2.45, 2.75) is 13.8 Å². The van der Waals surface area contributed by atoms with Gasteiger partial charge in [-0.3, -0.25) is 0 Å². The third-order valence-corrected chi connectivity index (χ3v) is 3.12. The molecule has 0 atom stereocenters. The maximum absolute atomic E-state index is 11.8. The minimum Gasteiger partial charge on any atom is -0.462 e. The van der Waals surface area contributed by atoms with Crippen LogP contribution in [0, 0.1) is 18.3 Å². The van der Waals surface area contributed by atoms with E-state index in [9.17, 15) is 10.1 Å². The number of aryl methyl sites for hydroxylation is 1. The van der Waals surface area contributed by atoms with Crippen molar-refractivity contribution in [1.82, 2.24) is 4.98 Å². The summed E-state index contributed by atoms with van der Waals surface area (Å²) in [5.41, 5.74) is 1.31. The maximum Gasteiger partial charge on any atom is 0.340 e. The molecule has 6 nitrogen and oxygen atoms in total. The van der Waals surface area contributed by atoms with Crippen molar-refractivity contribution in [2.24, 2.45) is 0 Å². The minimum absolute atomic E-state index is 0.297. The number of hydrogen-bond donors (Lipinski definition) is 0. The lowest BCUT2D eigenvalue weighted by Crippen LogP contribution is -2.37. The van der Waals surface area contributed by atoms with Crippen molar-refractivity contribution < 1.29 is 14.3 Å². The molecule has 1 aliphatic rings.